The van der Waals surface area contributed by atoms with Crippen LogP contribution in [0.25, 0.3) is 11.1 Å². The average Bonchev–Trinajstić information content (AvgIpc) is 3.06. The van der Waals surface area contributed by atoms with Crippen molar-refractivity contribution in [1.82, 2.24) is 5.32 Å². The quantitative estimate of drug-likeness (QED) is 0.596. The van der Waals surface area contributed by atoms with E-state index in [1.54, 1.807) is 0 Å². The monoisotopic (exact) mass is 399 g/mol. The van der Waals surface area contributed by atoms with Crippen LogP contribution < -0.4 is 5.32 Å². The first kappa shape index (κ1) is 21.3. The van der Waals surface area contributed by atoms with Gasteiger partial charge in [-0.1, -0.05) is 48.5 Å². The number of ether oxygens (including phenoxy) is 3. The predicted octanol–water partition coefficient (Wildman–Crippen LogP) is 3.68. The molecule has 29 heavy (non-hydrogen) atoms. The van der Waals surface area contributed by atoms with E-state index in [0.29, 0.717) is 19.6 Å². The molecule has 0 fully saturated rings. The first-order valence-electron chi connectivity index (χ1n) is 10.2. The number of aliphatic hydroxyl groups excluding tert-OH is 1. The molecule has 3 rings (SSSR count). The largest absolute Gasteiger partial charge is 0.449 e. The van der Waals surface area contributed by atoms with Gasteiger partial charge in [0, 0.05) is 25.7 Å². The van der Waals surface area contributed by atoms with Crippen LogP contribution in [0.1, 0.15) is 37.3 Å². The van der Waals surface area contributed by atoms with E-state index in [0.717, 1.165) is 0 Å². The maximum atomic E-state index is 12.1. The highest BCUT2D eigenvalue weighted by Crippen LogP contribution is 2.44. The Labute approximate surface area is 171 Å². The van der Waals surface area contributed by atoms with E-state index < -0.39 is 18.5 Å². The molecule has 0 saturated carbocycles. The lowest BCUT2D eigenvalue weighted by Crippen LogP contribution is -2.36. The summed E-state index contributed by atoms with van der Waals surface area (Å²) >= 11 is 0. The van der Waals surface area contributed by atoms with Gasteiger partial charge in [0.15, 0.2) is 6.29 Å². The van der Waals surface area contributed by atoms with Crippen LogP contribution >= 0.6 is 0 Å². The first-order chi connectivity index (χ1) is 14.2. The number of amides is 1. The van der Waals surface area contributed by atoms with Crippen LogP contribution in [-0.4, -0.2) is 50.0 Å². The molecule has 2 aromatic rings. The second-order valence-electron chi connectivity index (χ2n) is 6.89. The fraction of sp³-hybridized carbons (Fsp3) is 0.435. The van der Waals surface area contributed by atoms with Crippen molar-refractivity contribution in [2.45, 2.75) is 38.6 Å². The molecular formula is C23H29NO5. The van der Waals surface area contributed by atoms with Gasteiger partial charge in [0.2, 0.25) is 0 Å². The lowest BCUT2D eigenvalue weighted by atomic mass is 9.98. The summed E-state index contributed by atoms with van der Waals surface area (Å²) < 4.78 is 16.2. The summed E-state index contributed by atoms with van der Waals surface area (Å²) in [6.45, 7) is 5.11. The highest BCUT2D eigenvalue weighted by Gasteiger charge is 2.29. The highest BCUT2D eigenvalue weighted by molar-refractivity contribution is 5.79. The van der Waals surface area contributed by atoms with Gasteiger partial charge >= 0.3 is 6.09 Å². The van der Waals surface area contributed by atoms with Gasteiger partial charge in [-0.15, -0.1) is 0 Å². The van der Waals surface area contributed by atoms with Crippen molar-refractivity contribution >= 4 is 6.09 Å². The molecule has 0 saturated heterocycles. The van der Waals surface area contributed by atoms with Crippen LogP contribution in [0.5, 0.6) is 0 Å². The number of hydrogen-bond acceptors (Lipinski definition) is 5. The smallest absolute Gasteiger partial charge is 0.407 e. The Morgan fingerprint density at radius 1 is 1.00 bits per heavy atom. The van der Waals surface area contributed by atoms with Crippen molar-refractivity contribution in [3.05, 3.63) is 59.7 Å². The SMILES string of the molecule is CCOC(OCC)C(O)CCNC(=O)OCC1c2ccccc2-c2ccccc21. The molecular weight excluding hydrogens is 370 g/mol. The van der Waals surface area contributed by atoms with Gasteiger partial charge in [0.25, 0.3) is 0 Å². The van der Waals surface area contributed by atoms with Crippen molar-refractivity contribution in [2.75, 3.05) is 26.4 Å². The lowest BCUT2D eigenvalue weighted by molar-refractivity contribution is -0.190. The second kappa shape index (κ2) is 10.4. The molecule has 1 aliphatic rings. The van der Waals surface area contributed by atoms with Crippen LogP contribution in [0.3, 0.4) is 0 Å². The number of nitrogens with one attached hydrogen (secondary N) is 1. The Bertz CT molecular complexity index is 758. The summed E-state index contributed by atoms with van der Waals surface area (Å²) in [5, 5.41) is 12.9. The predicted molar refractivity (Wildman–Crippen MR) is 111 cm³/mol. The number of alkyl carbamates (subject to hydrolysis) is 1. The minimum absolute atomic E-state index is 0.0269. The fourth-order valence-corrected chi connectivity index (χ4v) is 3.71. The topological polar surface area (TPSA) is 77.0 Å². The van der Waals surface area contributed by atoms with Crippen molar-refractivity contribution in [3.8, 4) is 11.1 Å². The number of aliphatic hydroxyl groups is 1. The summed E-state index contributed by atoms with van der Waals surface area (Å²) in [6, 6.07) is 16.4. The molecule has 0 spiro atoms. The first-order valence-corrected chi connectivity index (χ1v) is 10.2. The van der Waals surface area contributed by atoms with Crippen molar-refractivity contribution in [3.63, 3.8) is 0 Å². The molecule has 0 aliphatic heterocycles. The maximum absolute atomic E-state index is 12.1. The van der Waals surface area contributed by atoms with Gasteiger partial charge in [-0.25, -0.2) is 4.79 Å². The van der Waals surface area contributed by atoms with Crippen LogP contribution in [-0.2, 0) is 14.2 Å². The summed E-state index contributed by atoms with van der Waals surface area (Å²) in [7, 11) is 0. The van der Waals surface area contributed by atoms with E-state index >= 15 is 0 Å². The van der Waals surface area contributed by atoms with Crippen molar-refractivity contribution in [1.29, 1.82) is 0 Å². The molecule has 6 heteroatoms. The second-order valence-corrected chi connectivity index (χ2v) is 6.89. The molecule has 1 atom stereocenters. The zero-order valence-corrected chi connectivity index (χ0v) is 17.0. The molecule has 156 valence electrons. The molecule has 2 aromatic carbocycles. The van der Waals surface area contributed by atoms with Crippen LogP contribution in [0.4, 0.5) is 4.79 Å². The number of benzene rings is 2. The molecule has 6 nitrogen and oxygen atoms in total. The van der Waals surface area contributed by atoms with Gasteiger partial charge in [-0.3, -0.25) is 0 Å². The zero-order chi connectivity index (χ0) is 20.6. The Kier molecular flexibility index (Phi) is 7.63. The van der Waals surface area contributed by atoms with Gasteiger partial charge in [-0.05, 0) is 42.5 Å². The number of carbonyl (C=O) groups is 1. The molecule has 0 aromatic heterocycles. The summed E-state index contributed by atoms with van der Waals surface area (Å²) in [5.41, 5.74) is 4.73. The van der Waals surface area contributed by atoms with E-state index in [-0.39, 0.29) is 19.1 Å². The van der Waals surface area contributed by atoms with E-state index in [9.17, 15) is 9.90 Å². The molecule has 2 N–H and O–H groups in total. The third-order valence-electron chi connectivity index (χ3n) is 5.03. The Balaban J connectivity index is 1.50. The van der Waals surface area contributed by atoms with Gasteiger partial charge in [-0.2, -0.15) is 0 Å². The van der Waals surface area contributed by atoms with Crippen LogP contribution in [0.2, 0.25) is 0 Å². The maximum Gasteiger partial charge on any atom is 0.407 e. The Morgan fingerprint density at radius 2 is 1.55 bits per heavy atom. The van der Waals surface area contributed by atoms with Crippen molar-refractivity contribution < 1.29 is 24.1 Å². The lowest BCUT2D eigenvalue weighted by Gasteiger charge is -2.22. The number of rotatable bonds is 10. The van der Waals surface area contributed by atoms with Crippen molar-refractivity contribution in [2.24, 2.45) is 0 Å². The van der Waals surface area contributed by atoms with Gasteiger partial charge < -0.3 is 24.6 Å². The highest BCUT2D eigenvalue weighted by atomic mass is 16.7. The average molecular weight is 399 g/mol. The van der Waals surface area contributed by atoms with Gasteiger partial charge in [0.05, 0.1) is 0 Å². The normalized spacial score (nSPS) is 13.8. The third kappa shape index (κ3) is 5.15. The molecule has 0 bridgehead atoms. The zero-order valence-electron chi connectivity index (χ0n) is 17.0. The van der Waals surface area contributed by atoms with E-state index in [2.05, 4.69) is 29.6 Å². The van der Waals surface area contributed by atoms with E-state index in [1.165, 1.54) is 22.3 Å². The number of fused-ring (bicyclic) bond motifs is 3. The Morgan fingerprint density at radius 3 is 2.10 bits per heavy atom. The van der Waals surface area contributed by atoms with Gasteiger partial charge in [0.1, 0.15) is 12.7 Å². The Hall–Kier alpha value is -2.41. The molecule has 0 heterocycles. The standard InChI is InChI=1S/C23H29NO5/c1-3-27-22(28-4-2)21(25)13-14-24-23(26)29-15-20-18-11-7-5-9-16(18)17-10-6-8-12-19(17)20/h5-12,20-22,25H,3-4,13-15H2,1-2H3,(H,24,26). The summed E-state index contributed by atoms with van der Waals surface area (Å²) in [4.78, 5) is 12.1. The molecule has 0 radical (unpaired) electrons. The minimum Gasteiger partial charge on any atom is -0.449 e. The van der Waals surface area contributed by atoms with Crippen LogP contribution in [0, 0.1) is 0 Å². The van der Waals surface area contributed by atoms with E-state index in [1.807, 2.05) is 38.1 Å². The molecule has 1 unspecified atom stereocenters. The summed E-state index contributed by atoms with van der Waals surface area (Å²) in [5.74, 6) is 0.0269. The number of carbonyl (C=O) groups excluding carboxylic acids is 1. The third-order valence-corrected chi connectivity index (χ3v) is 5.03. The molecule has 1 amide bonds. The summed E-state index contributed by atoms with van der Waals surface area (Å²) in [6.07, 6.45) is -1.68. The fourth-order valence-electron chi connectivity index (χ4n) is 3.71. The van der Waals surface area contributed by atoms with Crippen LogP contribution in [0.15, 0.2) is 48.5 Å². The number of hydrogen-bond donors (Lipinski definition) is 2. The van der Waals surface area contributed by atoms with E-state index in [4.69, 9.17) is 14.2 Å². The molecule has 1 aliphatic carbocycles. The minimum atomic E-state index is -0.816.